The molecule has 0 fully saturated rings. The molecule has 2 aromatic rings. The van der Waals surface area contributed by atoms with Gasteiger partial charge in [-0.2, -0.15) is 13.2 Å². The average Bonchev–Trinajstić information content (AvgIpc) is 2.38. The Hall–Kier alpha value is -1.97. The third-order valence-electron chi connectivity index (χ3n) is 3.17. The summed E-state index contributed by atoms with van der Waals surface area (Å²) in [5.41, 5.74) is 2.87. The van der Waals surface area contributed by atoms with Crippen LogP contribution < -0.4 is 5.32 Å². The van der Waals surface area contributed by atoms with Crippen LogP contribution in [-0.2, 0) is 12.7 Å². The first kappa shape index (κ1) is 14.4. The molecule has 0 aliphatic heterocycles. The lowest BCUT2D eigenvalue weighted by atomic mass is 10.1. The highest BCUT2D eigenvalue weighted by atomic mass is 19.4. The molecule has 20 heavy (non-hydrogen) atoms. The standard InChI is InChI=1S/C16H16F3N/c1-11-3-6-13(7-4-11)10-20-15-9-14(16(17,18)19)8-5-12(15)2/h3-9,20H,10H2,1-2H3. The van der Waals surface area contributed by atoms with Gasteiger partial charge in [-0.3, -0.25) is 0 Å². The van der Waals surface area contributed by atoms with Gasteiger partial charge in [-0.15, -0.1) is 0 Å². The van der Waals surface area contributed by atoms with Gasteiger partial charge in [0.15, 0.2) is 0 Å². The van der Waals surface area contributed by atoms with Crippen molar-refractivity contribution in [1.82, 2.24) is 0 Å². The van der Waals surface area contributed by atoms with Crippen LogP contribution in [0.3, 0.4) is 0 Å². The predicted molar refractivity (Wildman–Crippen MR) is 74.7 cm³/mol. The molecule has 4 heteroatoms. The van der Waals surface area contributed by atoms with Gasteiger partial charge in [0, 0.05) is 12.2 Å². The molecule has 0 aliphatic carbocycles. The van der Waals surface area contributed by atoms with Crippen molar-refractivity contribution >= 4 is 5.69 Å². The molecule has 0 atom stereocenters. The highest BCUT2D eigenvalue weighted by molar-refractivity contribution is 5.53. The fourth-order valence-electron chi connectivity index (χ4n) is 1.89. The van der Waals surface area contributed by atoms with Crippen molar-refractivity contribution in [1.29, 1.82) is 0 Å². The molecule has 0 aromatic heterocycles. The van der Waals surface area contributed by atoms with Gasteiger partial charge in [0.1, 0.15) is 0 Å². The van der Waals surface area contributed by atoms with Crippen LogP contribution in [0.15, 0.2) is 42.5 Å². The highest BCUT2D eigenvalue weighted by Gasteiger charge is 2.30. The molecule has 0 saturated heterocycles. The Balaban J connectivity index is 2.14. The van der Waals surface area contributed by atoms with Crippen molar-refractivity contribution in [3.63, 3.8) is 0 Å². The van der Waals surface area contributed by atoms with Crippen LogP contribution >= 0.6 is 0 Å². The van der Waals surface area contributed by atoms with E-state index in [0.717, 1.165) is 28.8 Å². The van der Waals surface area contributed by atoms with Gasteiger partial charge >= 0.3 is 6.18 Å². The van der Waals surface area contributed by atoms with Gasteiger partial charge in [0.2, 0.25) is 0 Å². The number of rotatable bonds is 3. The SMILES string of the molecule is Cc1ccc(CNc2cc(C(F)(F)F)ccc2C)cc1. The van der Waals surface area contributed by atoms with E-state index in [4.69, 9.17) is 0 Å². The van der Waals surface area contributed by atoms with Crippen molar-refractivity contribution in [3.05, 3.63) is 64.7 Å². The second-order valence-corrected chi connectivity index (χ2v) is 4.87. The Morgan fingerprint density at radius 3 is 2.20 bits per heavy atom. The third kappa shape index (κ3) is 3.53. The zero-order chi connectivity index (χ0) is 14.8. The first-order chi connectivity index (χ1) is 9.36. The topological polar surface area (TPSA) is 12.0 Å². The van der Waals surface area contributed by atoms with Gasteiger partial charge in [-0.1, -0.05) is 35.9 Å². The summed E-state index contributed by atoms with van der Waals surface area (Å²) >= 11 is 0. The average molecular weight is 279 g/mol. The monoisotopic (exact) mass is 279 g/mol. The van der Waals surface area contributed by atoms with Gasteiger partial charge in [-0.25, -0.2) is 0 Å². The Morgan fingerprint density at radius 2 is 1.60 bits per heavy atom. The molecule has 0 bridgehead atoms. The fraction of sp³-hybridized carbons (Fsp3) is 0.250. The third-order valence-corrected chi connectivity index (χ3v) is 3.17. The molecule has 0 amide bonds. The van der Waals surface area contributed by atoms with Crippen molar-refractivity contribution in [2.75, 3.05) is 5.32 Å². The summed E-state index contributed by atoms with van der Waals surface area (Å²) in [7, 11) is 0. The number of halogens is 3. The van der Waals surface area contributed by atoms with Gasteiger partial charge in [0.25, 0.3) is 0 Å². The summed E-state index contributed by atoms with van der Waals surface area (Å²) < 4.78 is 38.0. The molecular weight excluding hydrogens is 263 g/mol. The van der Waals surface area contributed by atoms with Crippen LogP contribution in [-0.4, -0.2) is 0 Å². The molecule has 0 unspecified atom stereocenters. The summed E-state index contributed by atoms with van der Waals surface area (Å²) in [6.07, 6.45) is -4.31. The smallest absolute Gasteiger partial charge is 0.381 e. The van der Waals surface area contributed by atoms with Crippen LogP contribution in [0.4, 0.5) is 18.9 Å². The molecule has 0 spiro atoms. The Bertz CT molecular complexity index is 586. The predicted octanol–water partition coefficient (Wildman–Crippen LogP) is 4.93. The maximum atomic E-state index is 12.7. The number of hydrogen-bond donors (Lipinski definition) is 1. The summed E-state index contributed by atoms with van der Waals surface area (Å²) in [5.74, 6) is 0. The lowest BCUT2D eigenvalue weighted by molar-refractivity contribution is -0.137. The van der Waals surface area contributed by atoms with E-state index >= 15 is 0 Å². The number of anilines is 1. The van der Waals surface area contributed by atoms with Gasteiger partial charge in [0.05, 0.1) is 5.56 Å². The molecule has 0 saturated carbocycles. The Labute approximate surface area is 116 Å². The minimum Gasteiger partial charge on any atom is -0.381 e. The Kier molecular flexibility index (Phi) is 4.02. The number of nitrogens with one attached hydrogen (secondary N) is 1. The van der Waals surface area contributed by atoms with E-state index in [0.29, 0.717) is 12.2 Å². The number of alkyl halides is 3. The molecule has 1 N–H and O–H groups in total. The quantitative estimate of drug-likeness (QED) is 0.839. The van der Waals surface area contributed by atoms with E-state index in [2.05, 4.69) is 5.32 Å². The van der Waals surface area contributed by atoms with E-state index in [9.17, 15) is 13.2 Å². The first-order valence-electron chi connectivity index (χ1n) is 6.33. The largest absolute Gasteiger partial charge is 0.416 e. The first-order valence-corrected chi connectivity index (χ1v) is 6.33. The van der Waals surface area contributed by atoms with E-state index < -0.39 is 11.7 Å². The molecule has 106 valence electrons. The van der Waals surface area contributed by atoms with Crippen LogP contribution in [0.5, 0.6) is 0 Å². The van der Waals surface area contributed by atoms with E-state index in [1.54, 1.807) is 6.92 Å². The van der Waals surface area contributed by atoms with Crippen molar-refractivity contribution < 1.29 is 13.2 Å². The van der Waals surface area contributed by atoms with Crippen LogP contribution in [0.25, 0.3) is 0 Å². The van der Waals surface area contributed by atoms with E-state index in [1.165, 1.54) is 6.07 Å². The van der Waals surface area contributed by atoms with Crippen LogP contribution in [0, 0.1) is 13.8 Å². The second-order valence-electron chi connectivity index (χ2n) is 4.87. The van der Waals surface area contributed by atoms with Crippen molar-refractivity contribution in [2.45, 2.75) is 26.6 Å². The molecule has 0 radical (unpaired) electrons. The maximum Gasteiger partial charge on any atom is 0.416 e. The normalized spacial score (nSPS) is 11.4. The number of aryl methyl sites for hydroxylation is 2. The van der Waals surface area contributed by atoms with Crippen LogP contribution in [0.1, 0.15) is 22.3 Å². The zero-order valence-corrected chi connectivity index (χ0v) is 11.4. The highest BCUT2D eigenvalue weighted by Crippen LogP contribution is 2.32. The fourth-order valence-corrected chi connectivity index (χ4v) is 1.89. The molecule has 1 nitrogen and oxygen atoms in total. The molecule has 2 aromatic carbocycles. The minimum absolute atomic E-state index is 0.502. The molecule has 0 heterocycles. The van der Waals surface area contributed by atoms with E-state index in [-0.39, 0.29) is 0 Å². The Morgan fingerprint density at radius 1 is 0.950 bits per heavy atom. The zero-order valence-electron chi connectivity index (χ0n) is 11.4. The maximum absolute atomic E-state index is 12.7. The number of hydrogen-bond acceptors (Lipinski definition) is 1. The summed E-state index contributed by atoms with van der Waals surface area (Å²) in [6, 6.07) is 11.6. The minimum atomic E-state index is -4.31. The summed E-state index contributed by atoms with van der Waals surface area (Å²) in [4.78, 5) is 0. The second kappa shape index (κ2) is 5.57. The molecular formula is C16H16F3N. The van der Waals surface area contributed by atoms with E-state index in [1.807, 2.05) is 31.2 Å². The van der Waals surface area contributed by atoms with Crippen molar-refractivity contribution in [2.24, 2.45) is 0 Å². The van der Waals surface area contributed by atoms with Gasteiger partial charge in [-0.05, 0) is 37.1 Å². The molecule has 2 rings (SSSR count). The van der Waals surface area contributed by atoms with Crippen molar-refractivity contribution in [3.8, 4) is 0 Å². The lowest BCUT2D eigenvalue weighted by Gasteiger charge is -2.13. The summed E-state index contributed by atoms with van der Waals surface area (Å²) in [6.45, 7) is 4.29. The molecule has 0 aliphatic rings. The van der Waals surface area contributed by atoms with Gasteiger partial charge < -0.3 is 5.32 Å². The lowest BCUT2D eigenvalue weighted by Crippen LogP contribution is -2.07. The summed E-state index contributed by atoms with van der Waals surface area (Å²) in [5, 5.41) is 3.06. The van der Waals surface area contributed by atoms with Crippen LogP contribution in [0.2, 0.25) is 0 Å². The number of benzene rings is 2.